The minimum absolute atomic E-state index is 0. The van der Waals surface area contributed by atoms with Gasteiger partial charge in [-0.1, -0.05) is 40.5 Å². The van der Waals surface area contributed by atoms with E-state index in [1.54, 1.807) is 0 Å². The summed E-state index contributed by atoms with van der Waals surface area (Å²) in [5.74, 6) is 0. The average Bonchev–Trinajstić information content (AvgIpc) is 2.38. The summed E-state index contributed by atoms with van der Waals surface area (Å²) in [5.41, 5.74) is 0. The molecular formula is C16H37KN3V-. The minimum Gasteiger partial charge on any atom is -0.665 e. The Balaban J connectivity index is -0.000000344. The first-order valence-corrected chi connectivity index (χ1v) is 8.04. The van der Waals surface area contributed by atoms with Gasteiger partial charge in [0, 0.05) is 24.6 Å². The molecule has 123 valence electrons. The van der Waals surface area contributed by atoms with Crippen LogP contribution < -0.4 is 51.4 Å². The molecule has 0 aliphatic heterocycles. The molecule has 0 N–H and O–H groups in total. The van der Waals surface area contributed by atoms with E-state index >= 15 is 0 Å². The smallest absolute Gasteiger partial charge is 0.665 e. The summed E-state index contributed by atoms with van der Waals surface area (Å²) in [6.45, 7) is 17.2. The largest absolute Gasteiger partial charge is 1.00 e. The van der Waals surface area contributed by atoms with Crippen molar-refractivity contribution in [3.63, 3.8) is 0 Å². The molecule has 0 fully saturated rings. The molecule has 0 saturated carbocycles. The van der Waals surface area contributed by atoms with Crippen molar-refractivity contribution in [1.29, 1.82) is 0 Å². The van der Waals surface area contributed by atoms with E-state index in [1.807, 2.05) is 20.9 Å². The van der Waals surface area contributed by atoms with Crippen LogP contribution in [0.5, 0.6) is 0 Å². The summed E-state index contributed by atoms with van der Waals surface area (Å²) in [6, 6.07) is 1.14. The van der Waals surface area contributed by atoms with E-state index in [9.17, 15) is 0 Å². The molecule has 0 atom stereocenters. The Morgan fingerprint density at radius 1 is 0.857 bits per heavy atom. The van der Waals surface area contributed by atoms with Crippen molar-refractivity contribution in [3.05, 3.63) is 10.6 Å². The van der Waals surface area contributed by atoms with E-state index in [4.69, 9.17) is 0 Å². The van der Waals surface area contributed by atoms with Crippen LogP contribution in [-0.4, -0.2) is 50.2 Å². The first kappa shape index (κ1) is 30.9. The first-order chi connectivity index (χ1) is 9.07. The van der Waals surface area contributed by atoms with Crippen LogP contribution in [-0.2, 0) is 18.6 Å². The van der Waals surface area contributed by atoms with Gasteiger partial charge in [-0.2, -0.15) is 7.05 Å². The van der Waals surface area contributed by atoms with Crippen LogP contribution >= 0.6 is 0 Å². The van der Waals surface area contributed by atoms with Crippen LogP contribution in [0.15, 0.2) is 0 Å². The number of hydrogen-bond acceptors (Lipinski definition) is 1. The topological polar surface area (TPSA) is 31.4 Å². The van der Waals surface area contributed by atoms with Crippen molar-refractivity contribution in [1.82, 2.24) is 4.90 Å². The summed E-state index contributed by atoms with van der Waals surface area (Å²) >= 11 is 0. The third-order valence-electron chi connectivity index (χ3n) is 2.91. The van der Waals surface area contributed by atoms with Gasteiger partial charge < -0.3 is 15.5 Å². The third-order valence-corrected chi connectivity index (χ3v) is 2.91. The average molecular weight is 362 g/mol. The predicted octanol–water partition coefficient (Wildman–Crippen LogP) is 1.68. The van der Waals surface area contributed by atoms with Gasteiger partial charge in [-0.15, -0.1) is 19.1 Å². The summed E-state index contributed by atoms with van der Waals surface area (Å²) < 4.78 is 0. The van der Waals surface area contributed by atoms with Crippen LogP contribution in [0.3, 0.4) is 0 Å². The van der Waals surface area contributed by atoms with Crippen LogP contribution in [0.2, 0.25) is 0 Å². The minimum atomic E-state index is 0. The SMILES string of the molecule is CC.C[N-]CCCN(CCCC[N-]C(C)C)C(C)C.[K+].[V]. The number of rotatable bonds is 11. The monoisotopic (exact) mass is 361 g/mol. The fraction of sp³-hybridized carbons (Fsp3) is 1.00. The van der Waals surface area contributed by atoms with Crippen molar-refractivity contribution in [2.75, 3.05) is 33.2 Å². The van der Waals surface area contributed by atoms with Crippen LogP contribution in [0.25, 0.3) is 10.6 Å². The van der Waals surface area contributed by atoms with Gasteiger partial charge in [0.1, 0.15) is 0 Å². The maximum atomic E-state index is 4.51. The Labute approximate surface area is 189 Å². The zero-order valence-corrected chi connectivity index (χ0v) is 20.4. The second-order valence-corrected chi connectivity index (χ2v) is 5.23. The van der Waals surface area contributed by atoms with Gasteiger partial charge in [-0.3, -0.25) is 0 Å². The molecule has 1 radical (unpaired) electrons. The van der Waals surface area contributed by atoms with Crippen LogP contribution in [0.1, 0.15) is 60.8 Å². The van der Waals surface area contributed by atoms with Gasteiger partial charge in [0.2, 0.25) is 0 Å². The van der Waals surface area contributed by atoms with E-state index < -0.39 is 0 Å². The summed E-state index contributed by atoms with van der Waals surface area (Å²) in [5, 5.41) is 8.66. The van der Waals surface area contributed by atoms with Gasteiger partial charge in [0.05, 0.1) is 0 Å². The second kappa shape index (κ2) is 24.4. The fourth-order valence-corrected chi connectivity index (χ4v) is 1.84. The zero-order valence-electron chi connectivity index (χ0n) is 15.9. The molecular weight excluding hydrogens is 324 g/mol. The maximum absolute atomic E-state index is 4.51. The Hall–Kier alpha value is 2.10. The van der Waals surface area contributed by atoms with Gasteiger partial charge in [-0.05, 0) is 33.4 Å². The van der Waals surface area contributed by atoms with Gasteiger partial charge >= 0.3 is 51.4 Å². The van der Waals surface area contributed by atoms with Crippen LogP contribution in [0.4, 0.5) is 0 Å². The molecule has 0 aliphatic carbocycles. The molecule has 0 spiro atoms. The standard InChI is InChI=1S/C14H31N3.C2H6.K.V/c1-13(2)16-10-6-7-11-17(14(3)4)12-8-9-15-5;1-2;;/h13-14H,6-12H2,1-5H3;1-2H3;;/q-2;;+1;. The zero-order chi connectivity index (χ0) is 15.1. The quantitative estimate of drug-likeness (QED) is 0.407. The predicted molar refractivity (Wildman–Crippen MR) is 89.4 cm³/mol. The van der Waals surface area contributed by atoms with Gasteiger partial charge in [0.15, 0.2) is 0 Å². The summed E-state index contributed by atoms with van der Waals surface area (Å²) in [4.78, 5) is 2.56. The van der Waals surface area contributed by atoms with Gasteiger partial charge in [-0.25, -0.2) is 0 Å². The fourth-order valence-electron chi connectivity index (χ4n) is 1.84. The van der Waals surface area contributed by atoms with E-state index in [2.05, 4.69) is 43.2 Å². The Morgan fingerprint density at radius 3 is 1.81 bits per heavy atom. The molecule has 0 unspecified atom stereocenters. The molecule has 0 aliphatic rings. The van der Waals surface area contributed by atoms with Gasteiger partial charge in [0.25, 0.3) is 0 Å². The maximum Gasteiger partial charge on any atom is 1.00 e. The van der Waals surface area contributed by atoms with E-state index in [0.29, 0.717) is 12.1 Å². The van der Waals surface area contributed by atoms with Crippen molar-refractivity contribution in [2.45, 2.75) is 72.9 Å². The molecule has 0 bridgehead atoms. The summed E-state index contributed by atoms with van der Waals surface area (Å²) in [6.07, 6.45) is 3.67. The van der Waals surface area contributed by atoms with E-state index in [-0.39, 0.29) is 69.9 Å². The molecule has 0 saturated heterocycles. The van der Waals surface area contributed by atoms with Crippen molar-refractivity contribution in [2.24, 2.45) is 0 Å². The third kappa shape index (κ3) is 24.5. The Kier molecular flexibility index (Phi) is 35.9. The van der Waals surface area contributed by atoms with E-state index in [1.165, 1.54) is 32.4 Å². The molecule has 0 heterocycles. The normalized spacial score (nSPS) is 10.0. The number of hydrogen-bond donors (Lipinski definition) is 0. The molecule has 0 aromatic carbocycles. The number of unbranched alkanes of at least 4 members (excludes halogenated alkanes) is 1. The Morgan fingerprint density at radius 2 is 1.38 bits per heavy atom. The Bertz CT molecular complexity index is 170. The molecule has 0 aromatic heterocycles. The molecule has 0 amide bonds. The first-order valence-electron chi connectivity index (χ1n) is 8.04. The van der Waals surface area contributed by atoms with Crippen LogP contribution in [0, 0.1) is 0 Å². The molecule has 5 heteroatoms. The summed E-state index contributed by atoms with van der Waals surface area (Å²) in [7, 11) is 1.90. The molecule has 21 heavy (non-hydrogen) atoms. The van der Waals surface area contributed by atoms with Crippen molar-refractivity contribution >= 4 is 0 Å². The van der Waals surface area contributed by atoms with Crippen molar-refractivity contribution in [3.8, 4) is 0 Å². The molecule has 0 aromatic rings. The van der Waals surface area contributed by atoms with E-state index in [0.717, 1.165) is 13.1 Å². The second-order valence-electron chi connectivity index (χ2n) is 5.23. The van der Waals surface area contributed by atoms with Crippen molar-refractivity contribution < 1.29 is 69.9 Å². The number of nitrogens with zero attached hydrogens (tertiary/aromatic N) is 3. The molecule has 3 nitrogen and oxygen atoms in total. The molecule has 0 rings (SSSR count).